The normalized spacial score (nSPS) is 18.5. The highest BCUT2D eigenvalue weighted by molar-refractivity contribution is 7.89. The third-order valence-corrected chi connectivity index (χ3v) is 7.86. The van der Waals surface area contributed by atoms with Gasteiger partial charge in [-0.05, 0) is 30.9 Å². The zero-order chi connectivity index (χ0) is 22.0. The molecule has 166 valence electrons. The van der Waals surface area contributed by atoms with Crippen LogP contribution in [0.15, 0.2) is 47.5 Å². The first kappa shape index (κ1) is 21.6. The predicted octanol–water partition coefficient (Wildman–Crippen LogP) is 1.90. The first-order valence-corrected chi connectivity index (χ1v) is 12.1. The molecule has 1 N–H and O–H groups in total. The fourth-order valence-corrected chi connectivity index (χ4v) is 5.84. The number of amides is 2. The molecule has 9 heteroatoms. The van der Waals surface area contributed by atoms with Gasteiger partial charge in [0.15, 0.2) is 0 Å². The lowest BCUT2D eigenvalue weighted by atomic mass is 10.1. The number of nitrogens with one attached hydrogen (secondary N) is 1. The third kappa shape index (κ3) is 4.52. The number of aryl methyl sites for hydroxylation is 1. The summed E-state index contributed by atoms with van der Waals surface area (Å²) in [6.07, 6.45) is 4.56. The molecule has 2 amide bonds. The summed E-state index contributed by atoms with van der Waals surface area (Å²) in [5.41, 5.74) is 1.17. The van der Waals surface area contributed by atoms with Gasteiger partial charge in [-0.25, -0.2) is 8.42 Å². The van der Waals surface area contributed by atoms with E-state index in [0.717, 1.165) is 24.8 Å². The molecule has 2 aliphatic heterocycles. The van der Waals surface area contributed by atoms with Crippen molar-refractivity contribution in [3.05, 3.63) is 53.9 Å². The van der Waals surface area contributed by atoms with E-state index in [1.54, 1.807) is 16.5 Å². The van der Waals surface area contributed by atoms with Crippen LogP contribution in [0.1, 0.15) is 47.8 Å². The third-order valence-electron chi connectivity index (χ3n) is 6.00. The lowest BCUT2D eigenvalue weighted by Gasteiger charge is -2.25. The van der Waals surface area contributed by atoms with E-state index in [2.05, 4.69) is 5.32 Å². The van der Waals surface area contributed by atoms with Crippen LogP contribution in [0.25, 0.3) is 0 Å². The van der Waals surface area contributed by atoms with E-state index in [1.807, 2.05) is 30.3 Å². The molecule has 31 heavy (non-hydrogen) atoms. The smallest absolute Gasteiger partial charge is 0.268 e. The van der Waals surface area contributed by atoms with Gasteiger partial charge >= 0.3 is 0 Å². The molecule has 8 nitrogen and oxygen atoms in total. The molecule has 2 aromatic rings. The number of aromatic nitrogens is 1. The van der Waals surface area contributed by atoms with Crippen molar-refractivity contribution in [1.29, 1.82) is 0 Å². The Bertz CT molecular complexity index is 1060. The number of carbonyl (C=O) groups is 2. The van der Waals surface area contributed by atoms with Crippen LogP contribution in [0.2, 0.25) is 0 Å². The monoisotopic (exact) mass is 444 g/mol. The van der Waals surface area contributed by atoms with Crippen molar-refractivity contribution in [1.82, 2.24) is 19.1 Å². The SMILES string of the molecule is Cn1cc(S(=O)(=O)N2CCCC2)cc1C(=O)NC(CN1CCCC1=O)c1ccccc1. The molecule has 2 saturated heterocycles. The Morgan fingerprint density at radius 2 is 1.81 bits per heavy atom. The summed E-state index contributed by atoms with van der Waals surface area (Å²) < 4.78 is 28.7. The maximum Gasteiger partial charge on any atom is 0.268 e. The van der Waals surface area contributed by atoms with Gasteiger partial charge in [-0.3, -0.25) is 9.59 Å². The fourth-order valence-electron chi connectivity index (χ4n) is 4.25. The second-order valence-corrected chi connectivity index (χ2v) is 10.1. The Morgan fingerprint density at radius 3 is 2.45 bits per heavy atom. The molecular weight excluding hydrogens is 416 g/mol. The Hall–Kier alpha value is -2.65. The quantitative estimate of drug-likeness (QED) is 0.706. The van der Waals surface area contributed by atoms with Crippen molar-refractivity contribution in [2.75, 3.05) is 26.2 Å². The van der Waals surface area contributed by atoms with Gasteiger partial charge in [0.2, 0.25) is 15.9 Å². The largest absolute Gasteiger partial charge is 0.345 e. The number of carbonyl (C=O) groups excluding carboxylic acids is 2. The number of rotatable bonds is 7. The second kappa shape index (κ2) is 8.84. The van der Waals surface area contributed by atoms with E-state index < -0.39 is 10.0 Å². The summed E-state index contributed by atoms with van der Waals surface area (Å²) >= 11 is 0. The lowest BCUT2D eigenvalue weighted by molar-refractivity contribution is -0.128. The molecule has 0 spiro atoms. The number of likely N-dealkylation sites (tertiary alicyclic amines) is 1. The number of hydrogen-bond acceptors (Lipinski definition) is 4. The van der Waals surface area contributed by atoms with E-state index >= 15 is 0 Å². The zero-order valence-corrected chi connectivity index (χ0v) is 18.5. The van der Waals surface area contributed by atoms with Crippen molar-refractivity contribution < 1.29 is 18.0 Å². The van der Waals surface area contributed by atoms with Gasteiger partial charge in [0.05, 0.1) is 6.04 Å². The number of benzene rings is 1. The van der Waals surface area contributed by atoms with Crippen LogP contribution >= 0.6 is 0 Å². The second-order valence-electron chi connectivity index (χ2n) is 8.16. The van der Waals surface area contributed by atoms with Crippen LogP contribution in [0.3, 0.4) is 0 Å². The molecule has 0 saturated carbocycles. The summed E-state index contributed by atoms with van der Waals surface area (Å²) in [5, 5.41) is 3.01. The average molecular weight is 445 g/mol. The minimum atomic E-state index is -3.60. The highest BCUT2D eigenvalue weighted by atomic mass is 32.2. The Kier molecular flexibility index (Phi) is 6.15. The highest BCUT2D eigenvalue weighted by Crippen LogP contribution is 2.24. The predicted molar refractivity (Wildman–Crippen MR) is 116 cm³/mol. The highest BCUT2D eigenvalue weighted by Gasteiger charge is 2.30. The molecule has 0 radical (unpaired) electrons. The van der Waals surface area contributed by atoms with Crippen LogP contribution in [0.5, 0.6) is 0 Å². The van der Waals surface area contributed by atoms with Gasteiger partial charge in [0.1, 0.15) is 10.6 Å². The number of hydrogen-bond donors (Lipinski definition) is 1. The molecule has 1 atom stereocenters. The summed E-state index contributed by atoms with van der Waals surface area (Å²) in [5.74, 6) is -0.279. The first-order chi connectivity index (χ1) is 14.9. The van der Waals surface area contributed by atoms with Crippen LogP contribution in [-0.4, -0.2) is 60.2 Å². The minimum absolute atomic E-state index is 0.0908. The number of sulfonamides is 1. The molecule has 0 bridgehead atoms. The minimum Gasteiger partial charge on any atom is -0.345 e. The Balaban J connectivity index is 1.56. The van der Waals surface area contributed by atoms with E-state index in [1.165, 1.54) is 16.6 Å². The molecule has 2 fully saturated rings. The molecule has 1 aromatic carbocycles. The maximum atomic E-state index is 13.1. The zero-order valence-electron chi connectivity index (χ0n) is 17.7. The van der Waals surface area contributed by atoms with E-state index in [9.17, 15) is 18.0 Å². The van der Waals surface area contributed by atoms with Crippen molar-refractivity contribution in [2.24, 2.45) is 7.05 Å². The summed E-state index contributed by atoms with van der Waals surface area (Å²) in [7, 11) is -1.93. The van der Waals surface area contributed by atoms with E-state index in [4.69, 9.17) is 0 Å². The van der Waals surface area contributed by atoms with Crippen molar-refractivity contribution in [3.8, 4) is 0 Å². The fraction of sp³-hybridized carbons (Fsp3) is 0.455. The van der Waals surface area contributed by atoms with Crippen LogP contribution in [0.4, 0.5) is 0 Å². The summed E-state index contributed by atoms with van der Waals surface area (Å²) in [4.78, 5) is 27.2. The Morgan fingerprint density at radius 1 is 1.10 bits per heavy atom. The number of nitrogens with zero attached hydrogens (tertiary/aromatic N) is 3. The van der Waals surface area contributed by atoms with Gasteiger partial charge in [-0.2, -0.15) is 4.31 Å². The van der Waals surface area contributed by atoms with Crippen LogP contribution in [-0.2, 0) is 21.9 Å². The summed E-state index contributed by atoms with van der Waals surface area (Å²) in [6.45, 7) is 2.09. The summed E-state index contributed by atoms with van der Waals surface area (Å²) in [6, 6.07) is 10.6. The van der Waals surface area contributed by atoms with Gasteiger partial charge in [0, 0.05) is 45.8 Å². The first-order valence-electron chi connectivity index (χ1n) is 10.7. The van der Waals surface area contributed by atoms with Crippen molar-refractivity contribution in [2.45, 2.75) is 36.6 Å². The topological polar surface area (TPSA) is 91.7 Å². The standard InChI is InChI=1S/C22H28N4O4S/c1-24-15-18(31(29,30)26-12-5-6-13-26)14-20(24)22(28)23-19(17-8-3-2-4-9-17)16-25-11-7-10-21(25)27/h2-4,8-9,14-15,19H,5-7,10-13,16H2,1H3,(H,23,28). The van der Waals surface area contributed by atoms with Gasteiger partial charge < -0.3 is 14.8 Å². The molecule has 4 rings (SSSR count). The molecule has 0 aliphatic carbocycles. The Labute approximate surface area is 182 Å². The van der Waals surface area contributed by atoms with E-state index in [0.29, 0.717) is 32.6 Å². The lowest BCUT2D eigenvalue weighted by Crippen LogP contribution is -2.39. The molecule has 1 aromatic heterocycles. The van der Waals surface area contributed by atoms with Crippen molar-refractivity contribution >= 4 is 21.8 Å². The van der Waals surface area contributed by atoms with Crippen LogP contribution in [0, 0.1) is 0 Å². The molecule has 1 unspecified atom stereocenters. The van der Waals surface area contributed by atoms with Crippen LogP contribution < -0.4 is 5.32 Å². The maximum absolute atomic E-state index is 13.1. The van der Waals surface area contributed by atoms with Gasteiger partial charge in [0.25, 0.3) is 5.91 Å². The molecule has 3 heterocycles. The van der Waals surface area contributed by atoms with E-state index in [-0.39, 0.29) is 28.4 Å². The average Bonchev–Trinajstić information content (AvgIpc) is 3.50. The molecule has 2 aliphatic rings. The van der Waals surface area contributed by atoms with Gasteiger partial charge in [-0.1, -0.05) is 30.3 Å². The van der Waals surface area contributed by atoms with Gasteiger partial charge in [-0.15, -0.1) is 0 Å². The molecular formula is C22H28N4O4S. The van der Waals surface area contributed by atoms with Crippen molar-refractivity contribution in [3.63, 3.8) is 0 Å².